The average Bonchev–Trinajstić information content (AvgIpc) is 3.09. The number of carbonyl (C=O) groups is 1. The highest BCUT2D eigenvalue weighted by Gasteiger charge is 2.26. The van der Waals surface area contributed by atoms with Crippen LogP contribution in [-0.4, -0.2) is 17.6 Å². The molecule has 0 amide bonds. The van der Waals surface area contributed by atoms with Gasteiger partial charge in [0.1, 0.15) is 5.69 Å². The van der Waals surface area contributed by atoms with Crippen molar-refractivity contribution in [1.29, 1.82) is 0 Å². The summed E-state index contributed by atoms with van der Waals surface area (Å²) in [4.78, 5) is 16.8. The summed E-state index contributed by atoms with van der Waals surface area (Å²) >= 11 is 0. The molecule has 22 heavy (non-hydrogen) atoms. The average molecular weight is 291 g/mol. The number of nitrogens with zero attached hydrogens (tertiary/aromatic N) is 1. The van der Waals surface area contributed by atoms with Gasteiger partial charge in [0, 0.05) is 12.0 Å². The van der Waals surface area contributed by atoms with Gasteiger partial charge in [-0.1, -0.05) is 30.3 Å². The highest BCUT2D eigenvalue weighted by Crippen LogP contribution is 2.32. The van der Waals surface area contributed by atoms with Gasteiger partial charge in [0.2, 0.25) is 0 Å². The quantitative estimate of drug-likeness (QED) is 0.675. The van der Waals surface area contributed by atoms with Crippen LogP contribution in [0.25, 0.3) is 22.7 Å². The molecule has 0 saturated carbocycles. The van der Waals surface area contributed by atoms with Crippen molar-refractivity contribution >= 4 is 5.97 Å². The molecule has 4 nitrogen and oxygen atoms in total. The van der Waals surface area contributed by atoms with Gasteiger partial charge in [-0.15, -0.1) is 0 Å². The van der Waals surface area contributed by atoms with E-state index < -0.39 is 0 Å². The summed E-state index contributed by atoms with van der Waals surface area (Å²) in [6.07, 6.45) is 2.27. The van der Waals surface area contributed by atoms with Crippen molar-refractivity contribution in [3.63, 3.8) is 0 Å². The van der Waals surface area contributed by atoms with E-state index in [-0.39, 0.29) is 5.97 Å². The first-order valence-corrected chi connectivity index (χ1v) is 7.13. The van der Waals surface area contributed by atoms with Gasteiger partial charge in [0.05, 0.1) is 24.1 Å². The predicted molar refractivity (Wildman–Crippen MR) is 81.4 cm³/mol. The molecule has 0 radical (unpaired) electrons. The molecule has 3 heterocycles. The number of pyridine rings is 1. The fourth-order valence-electron chi connectivity index (χ4n) is 2.70. The molecule has 1 aliphatic heterocycles. The van der Waals surface area contributed by atoms with Crippen LogP contribution in [0.1, 0.15) is 15.9 Å². The number of esters is 1. The standard InChI is InChI=1S/C18H13NO3/c20-18-16-13(8-10-22-18)11-14(12-5-2-1-3-6-12)19-17(16)15-7-4-9-21-15/h1-7,9,11H,8,10H2. The van der Waals surface area contributed by atoms with Crippen molar-refractivity contribution in [2.45, 2.75) is 6.42 Å². The van der Waals surface area contributed by atoms with Crippen LogP contribution in [0.5, 0.6) is 0 Å². The Bertz CT molecular complexity index is 823. The van der Waals surface area contributed by atoms with Crippen LogP contribution in [0.4, 0.5) is 0 Å². The zero-order valence-electron chi connectivity index (χ0n) is 11.8. The SMILES string of the molecule is O=C1OCCc2cc(-c3ccccc3)nc(-c3ccco3)c21. The molecule has 0 aliphatic carbocycles. The summed E-state index contributed by atoms with van der Waals surface area (Å²) in [7, 11) is 0. The Hall–Kier alpha value is -2.88. The number of hydrogen-bond donors (Lipinski definition) is 0. The van der Waals surface area contributed by atoms with Crippen molar-refractivity contribution in [2.75, 3.05) is 6.61 Å². The summed E-state index contributed by atoms with van der Waals surface area (Å²) in [5.41, 5.74) is 3.86. The fraction of sp³-hybridized carbons (Fsp3) is 0.111. The summed E-state index contributed by atoms with van der Waals surface area (Å²) in [6.45, 7) is 0.404. The number of fused-ring (bicyclic) bond motifs is 1. The number of furan rings is 1. The molecule has 4 heteroatoms. The Morgan fingerprint density at radius 1 is 1.05 bits per heavy atom. The fourth-order valence-corrected chi connectivity index (χ4v) is 2.70. The lowest BCUT2D eigenvalue weighted by molar-refractivity contribution is 0.0480. The number of ether oxygens (including phenoxy) is 1. The summed E-state index contributed by atoms with van der Waals surface area (Å²) in [6, 6.07) is 15.5. The maximum absolute atomic E-state index is 12.1. The van der Waals surface area contributed by atoms with Crippen molar-refractivity contribution in [3.05, 3.63) is 65.9 Å². The van der Waals surface area contributed by atoms with E-state index in [1.807, 2.05) is 36.4 Å². The zero-order valence-corrected chi connectivity index (χ0v) is 11.8. The lowest BCUT2D eigenvalue weighted by atomic mass is 9.97. The minimum atomic E-state index is -0.334. The van der Waals surface area contributed by atoms with E-state index in [1.54, 1.807) is 18.4 Å². The van der Waals surface area contributed by atoms with Crippen LogP contribution in [-0.2, 0) is 11.2 Å². The second kappa shape index (κ2) is 5.15. The first-order chi connectivity index (χ1) is 10.8. The van der Waals surface area contributed by atoms with E-state index >= 15 is 0 Å². The summed E-state index contributed by atoms with van der Waals surface area (Å²) < 4.78 is 10.6. The number of rotatable bonds is 2. The van der Waals surface area contributed by atoms with E-state index in [0.717, 1.165) is 16.8 Å². The molecule has 1 aliphatic rings. The molecule has 4 rings (SSSR count). The molecule has 0 bridgehead atoms. The minimum absolute atomic E-state index is 0.334. The lowest BCUT2D eigenvalue weighted by Gasteiger charge is -2.19. The van der Waals surface area contributed by atoms with E-state index in [2.05, 4.69) is 4.98 Å². The number of carbonyl (C=O) groups excluding carboxylic acids is 1. The topological polar surface area (TPSA) is 52.3 Å². The maximum atomic E-state index is 12.1. The number of cyclic esters (lactones) is 1. The molecule has 0 atom stereocenters. The van der Waals surface area contributed by atoms with Crippen molar-refractivity contribution in [3.8, 4) is 22.7 Å². The molecule has 0 unspecified atom stereocenters. The van der Waals surface area contributed by atoms with E-state index in [0.29, 0.717) is 30.0 Å². The molecule has 108 valence electrons. The number of benzene rings is 1. The van der Waals surface area contributed by atoms with Gasteiger partial charge in [-0.25, -0.2) is 9.78 Å². The highest BCUT2D eigenvalue weighted by molar-refractivity contribution is 5.98. The largest absolute Gasteiger partial charge is 0.463 e. The first-order valence-electron chi connectivity index (χ1n) is 7.13. The Morgan fingerprint density at radius 3 is 2.68 bits per heavy atom. The van der Waals surface area contributed by atoms with Gasteiger partial charge < -0.3 is 9.15 Å². The highest BCUT2D eigenvalue weighted by atomic mass is 16.5. The van der Waals surface area contributed by atoms with E-state index in [1.165, 1.54) is 0 Å². The smallest absolute Gasteiger partial charge is 0.340 e. The molecule has 1 aromatic carbocycles. The monoisotopic (exact) mass is 291 g/mol. The predicted octanol–water partition coefficient (Wildman–Crippen LogP) is 3.72. The molecule has 0 N–H and O–H groups in total. The number of hydrogen-bond acceptors (Lipinski definition) is 4. The van der Waals surface area contributed by atoms with Crippen molar-refractivity contribution in [1.82, 2.24) is 4.98 Å². The van der Waals surface area contributed by atoms with Gasteiger partial charge >= 0.3 is 5.97 Å². The molecular formula is C18H13NO3. The molecule has 0 saturated heterocycles. The third kappa shape index (κ3) is 2.09. The van der Waals surface area contributed by atoms with Crippen LogP contribution in [0.3, 0.4) is 0 Å². The van der Waals surface area contributed by atoms with Gasteiger partial charge in [-0.2, -0.15) is 0 Å². The number of aromatic nitrogens is 1. The second-order valence-corrected chi connectivity index (χ2v) is 5.12. The van der Waals surface area contributed by atoms with Gasteiger partial charge in [-0.3, -0.25) is 0 Å². The van der Waals surface area contributed by atoms with Gasteiger partial charge in [0.15, 0.2) is 5.76 Å². The molecule has 2 aromatic heterocycles. The van der Waals surface area contributed by atoms with Crippen molar-refractivity contribution < 1.29 is 13.9 Å². The van der Waals surface area contributed by atoms with Crippen LogP contribution >= 0.6 is 0 Å². The zero-order chi connectivity index (χ0) is 14.9. The Balaban J connectivity index is 1.97. The Labute approximate surface area is 127 Å². The Morgan fingerprint density at radius 2 is 1.91 bits per heavy atom. The van der Waals surface area contributed by atoms with Crippen LogP contribution < -0.4 is 0 Å². The second-order valence-electron chi connectivity index (χ2n) is 5.12. The normalized spacial score (nSPS) is 13.5. The van der Waals surface area contributed by atoms with Crippen LogP contribution in [0.15, 0.2) is 59.2 Å². The third-order valence-corrected chi connectivity index (χ3v) is 3.73. The molecular weight excluding hydrogens is 278 g/mol. The molecule has 0 fully saturated rings. The summed E-state index contributed by atoms with van der Waals surface area (Å²) in [5, 5.41) is 0. The van der Waals surface area contributed by atoms with Crippen LogP contribution in [0.2, 0.25) is 0 Å². The first kappa shape index (κ1) is 12.8. The van der Waals surface area contributed by atoms with E-state index in [9.17, 15) is 4.79 Å². The Kier molecular flexibility index (Phi) is 3.00. The molecule has 0 spiro atoms. The van der Waals surface area contributed by atoms with Crippen molar-refractivity contribution in [2.24, 2.45) is 0 Å². The lowest BCUT2D eigenvalue weighted by Crippen LogP contribution is -2.19. The summed E-state index contributed by atoms with van der Waals surface area (Å²) in [5.74, 6) is 0.243. The van der Waals surface area contributed by atoms with Crippen LogP contribution in [0, 0.1) is 0 Å². The van der Waals surface area contributed by atoms with Gasteiger partial charge in [0.25, 0.3) is 0 Å². The molecule has 3 aromatic rings. The minimum Gasteiger partial charge on any atom is -0.463 e. The maximum Gasteiger partial charge on any atom is 0.340 e. The van der Waals surface area contributed by atoms with E-state index in [4.69, 9.17) is 9.15 Å². The third-order valence-electron chi connectivity index (χ3n) is 3.73. The van der Waals surface area contributed by atoms with Gasteiger partial charge in [-0.05, 0) is 23.8 Å².